The van der Waals surface area contributed by atoms with Crippen LogP contribution in [0.3, 0.4) is 0 Å². The minimum absolute atomic E-state index is 0.0329. The minimum atomic E-state index is -6.10. The van der Waals surface area contributed by atoms with E-state index in [0.717, 1.165) is 14.0 Å². The molecule has 1 aromatic rings. The quantitative estimate of drug-likeness (QED) is 0.699. The lowest BCUT2D eigenvalue weighted by Gasteiger charge is -2.38. The molecule has 0 aliphatic rings. The highest BCUT2D eigenvalue weighted by molar-refractivity contribution is 5.28. The summed E-state index contributed by atoms with van der Waals surface area (Å²) in [6, 6.07) is 5.71. The Bertz CT molecular complexity index is 507. The number of methoxy groups -OCH3 is 1. The van der Waals surface area contributed by atoms with Crippen LogP contribution >= 0.6 is 0 Å². The van der Waals surface area contributed by atoms with Crippen molar-refractivity contribution in [2.24, 2.45) is 0 Å². The summed E-state index contributed by atoms with van der Waals surface area (Å²) in [5, 5.41) is 0. The van der Waals surface area contributed by atoms with Gasteiger partial charge in [-0.25, -0.2) is 4.39 Å². The van der Waals surface area contributed by atoms with E-state index in [2.05, 4.69) is 0 Å². The Morgan fingerprint density at radius 3 is 1.82 bits per heavy atom. The van der Waals surface area contributed by atoms with Gasteiger partial charge in [-0.15, -0.1) is 0 Å². The van der Waals surface area contributed by atoms with Gasteiger partial charge >= 0.3 is 18.0 Å². The molecule has 0 aliphatic carbocycles. The molecule has 0 saturated heterocycles. The third kappa shape index (κ3) is 3.37. The number of alkyl halides is 7. The van der Waals surface area contributed by atoms with Gasteiger partial charge in [-0.3, -0.25) is 0 Å². The van der Waals surface area contributed by atoms with Crippen molar-refractivity contribution in [3.63, 3.8) is 0 Å². The Balaban J connectivity index is 3.36. The molecule has 8 heteroatoms. The van der Waals surface area contributed by atoms with Gasteiger partial charge in [-0.2, -0.15) is 26.3 Å². The Morgan fingerprint density at radius 1 is 0.955 bits per heavy atom. The van der Waals surface area contributed by atoms with Gasteiger partial charge in [0, 0.05) is 13.5 Å². The van der Waals surface area contributed by atoms with E-state index in [4.69, 9.17) is 4.74 Å². The van der Waals surface area contributed by atoms with Gasteiger partial charge in [-0.05, 0) is 19.4 Å². The summed E-state index contributed by atoms with van der Waals surface area (Å²) in [5.41, 5.74) is -6.82. The van der Waals surface area contributed by atoms with Crippen molar-refractivity contribution in [1.29, 1.82) is 0 Å². The Kier molecular flexibility index (Phi) is 4.87. The second kappa shape index (κ2) is 5.72. The zero-order chi connectivity index (χ0) is 17.4. The summed E-state index contributed by atoms with van der Waals surface area (Å²) in [6.07, 6.45) is -14.1. The largest absolute Gasteiger partial charge is 0.431 e. The van der Waals surface area contributed by atoms with Crippen LogP contribution in [0.15, 0.2) is 24.3 Å². The van der Waals surface area contributed by atoms with Crippen LogP contribution in [0.2, 0.25) is 0 Å². The predicted molar refractivity (Wildman–Crippen MR) is 66.1 cm³/mol. The number of benzene rings is 1. The molecule has 0 aliphatic heterocycles. The second-order valence-corrected chi connectivity index (χ2v) is 5.28. The maximum Gasteiger partial charge on any atom is 0.431 e. The monoisotopic (exact) mass is 332 g/mol. The molecule has 1 rings (SSSR count). The first-order valence-electron chi connectivity index (χ1n) is 6.21. The summed E-state index contributed by atoms with van der Waals surface area (Å²) in [6.45, 7) is 2.60. The van der Waals surface area contributed by atoms with Gasteiger partial charge in [0.1, 0.15) is 0 Å². The Morgan fingerprint density at radius 2 is 1.45 bits per heavy atom. The lowest BCUT2D eigenvalue weighted by atomic mass is 9.82. The molecule has 1 atom stereocenters. The van der Waals surface area contributed by atoms with Crippen LogP contribution in [0.4, 0.5) is 30.7 Å². The van der Waals surface area contributed by atoms with Gasteiger partial charge in [0.15, 0.2) is 0 Å². The van der Waals surface area contributed by atoms with Gasteiger partial charge in [0.2, 0.25) is 0 Å². The number of rotatable bonds is 4. The van der Waals surface area contributed by atoms with Crippen LogP contribution in [-0.4, -0.2) is 25.1 Å². The average Bonchev–Trinajstić information content (AvgIpc) is 2.35. The molecule has 0 radical (unpaired) electrons. The number of hydrogen-bond donors (Lipinski definition) is 0. The highest BCUT2D eigenvalue weighted by atomic mass is 19.4. The summed E-state index contributed by atoms with van der Waals surface area (Å²) < 4.78 is 95.0. The van der Waals surface area contributed by atoms with Crippen LogP contribution in [0.1, 0.15) is 24.5 Å². The molecule has 0 fully saturated rings. The lowest BCUT2D eigenvalue weighted by Crippen LogP contribution is -2.56. The van der Waals surface area contributed by atoms with E-state index in [1.54, 1.807) is 13.0 Å². The van der Waals surface area contributed by atoms with E-state index in [9.17, 15) is 30.7 Å². The molecule has 0 heterocycles. The van der Waals surface area contributed by atoms with E-state index >= 15 is 0 Å². The van der Waals surface area contributed by atoms with Crippen LogP contribution in [-0.2, 0) is 10.3 Å². The van der Waals surface area contributed by atoms with E-state index in [-0.39, 0.29) is 5.56 Å². The normalized spacial score (nSPS) is 16.5. The molecule has 126 valence electrons. The highest BCUT2D eigenvalue weighted by Gasteiger charge is 2.74. The maximum atomic E-state index is 13.9. The van der Waals surface area contributed by atoms with Crippen molar-refractivity contribution in [2.45, 2.75) is 43.9 Å². The Labute approximate surface area is 123 Å². The third-order valence-corrected chi connectivity index (χ3v) is 3.56. The summed E-state index contributed by atoms with van der Waals surface area (Å²) in [4.78, 5) is 0. The first-order valence-corrected chi connectivity index (χ1v) is 6.21. The summed E-state index contributed by atoms with van der Waals surface area (Å²) >= 11 is 0. The predicted octanol–water partition coefficient (Wildman–Crippen LogP) is 5.08. The average molecular weight is 332 g/mol. The fourth-order valence-corrected chi connectivity index (χ4v) is 2.09. The SMILES string of the molecule is COC(C)(CC(F)(C(F)(F)F)C(F)(F)F)c1cccc(C)c1. The van der Waals surface area contributed by atoms with Crippen molar-refractivity contribution >= 4 is 0 Å². The highest BCUT2D eigenvalue weighted by Crippen LogP contribution is 2.52. The van der Waals surface area contributed by atoms with Gasteiger partial charge in [0.05, 0.1) is 5.60 Å². The van der Waals surface area contributed by atoms with E-state index in [1.165, 1.54) is 18.2 Å². The molecule has 1 nitrogen and oxygen atoms in total. The van der Waals surface area contributed by atoms with E-state index in [0.29, 0.717) is 5.56 Å². The molecule has 0 spiro atoms. The van der Waals surface area contributed by atoms with Gasteiger partial charge in [-0.1, -0.05) is 29.8 Å². The lowest BCUT2D eigenvalue weighted by molar-refractivity contribution is -0.353. The zero-order valence-corrected chi connectivity index (χ0v) is 12.1. The van der Waals surface area contributed by atoms with E-state index in [1.807, 2.05) is 0 Å². The van der Waals surface area contributed by atoms with Crippen molar-refractivity contribution in [2.75, 3.05) is 7.11 Å². The molecule has 1 aromatic carbocycles. The molecule has 22 heavy (non-hydrogen) atoms. The van der Waals surface area contributed by atoms with Gasteiger partial charge < -0.3 is 4.74 Å². The minimum Gasteiger partial charge on any atom is -0.374 e. The molecule has 0 N–H and O–H groups in total. The molecule has 0 amide bonds. The van der Waals surface area contributed by atoms with Crippen LogP contribution < -0.4 is 0 Å². The molecule has 1 unspecified atom stereocenters. The first kappa shape index (κ1) is 18.7. The first-order chi connectivity index (χ1) is 9.77. The number of hydrogen-bond acceptors (Lipinski definition) is 1. The van der Waals surface area contributed by atoms with Gasteiger partial charge in [0.25, 0.3) is 0 Å². The summed E-state index contributed by atoms with van der Waals surface area (Å²) in [7, 11) is 0.940. The smallest absolute Gasteiger partial charge is 0.374 e. The molecule has 0 saturated carbocycles. The zero-order valence-electron chi connectivity index (χ0n) is 12.1. The van der Waals surface area contributed by atoms with Crippen molar-refractivity contribution in [3.8, 4) is 0 Å². The van der Waals surface area contributed by atoms with Crippen molar-refractivity contribution in [1.82, 2.24) is 0 Å². The molecular weight excluding hydrogens is 317 g/mol. The third-order valence-electron chi connectivity index (χ3n) is 3.56. The van der Waals surface area contributed by atoms with Crippen molar-refractivity contribution < 1.29 is 35.5 Å². The summed E-state index contributed by atoms with van der Waals surface area (Å²) in [5.74, 6) is 0. The standard InChI is InChI=1S/C14H15F7O/c1-9-5-4-6-10(7-9)11(2,22-3)8-12(15,13(16,17)18)14(19,20)21/h4-7H,8H2,1-3H3. The second-order valence-electron chi connectivity index (χ2n) is 5.28. The fraction of sp³-hybridized carbons (Fsp3) is 0.571. The molecule has 0 bridgehead atoms. The number of aryl methyl sites for hydroxylation is 1. The number of halogens is 7. The van der Waals surface area contributed by atoms with Crippen LogP contribution in [0, 0.1) is 6.92 Å². The van der Waals surface area contributed by atoms with E-state index < -0.39 is 30.0 Å². The van der Waals surface area contributed by atoms with Crippen molar-refractivity contribution in [3.05, 3.63) is 35.4 Å². The van der Waals surface area contributed by atoms with Crippen LogP contribution in [0.25, 0.3) is 0 Å². The Hall–Kier alpha value is -1.31. The van der Waals surface area contributed by atoms with Crippen LogP contribution in [0.5, 0.6) is 0 Å². The molecule has 0 aromatic heterocycles. The maximum absolute atomic E-state index is 13.9. The molecular formula is C14H15F7O. The number of ether oxygens (including phenoxy) is 1. The fourth-order valence-electron chi connectivity index (χ4n) is 2.09. The topological polar surface area (TPSA) is 9.23 Å².